The van der Waals surface area contributed by atoms with Gasteiger partial charge in [-0.25, -0.2) is 4.98 Å². The maximum atomic E-state index is 11.3. The number of carbonyl (C=O) groups excluding carboxylic acids is 1. The van der Waals surface area contributed by atoms with Crippen molar-refractivity contribution in [2.75, 3.05) is 20.7 Å². The van der Waals surface area contributed by atoms with E-state index in [2.05, 4.69) is 25.8 Å². The summed E-state index contributed by atoms with van der Waals surface area (Å²) < 4.78 is 5.10. The number of benzene rings is 1. The Labute approximate surface area is 128 Å². The van der Waals surface area contributed by atoms with Gasteiger partial charge in [0.15, 0.2) is 5.82 Å². The van der Waals surface area contributed by atoms with E-state index < -0.39 is 0 Å². The summed E-state index contributed by atoms with van der Waals surface area (Å²) in [4.78, 5) is 15.6. The molecule has 8 heteroatoms. The van der Waals surface area contributed by atoms with Crippen molar-refractivity contribution >= 4 is 18.3 Å². The third-order valence-corrected chi connectivity index (χ3v) is 2.67. The van der Waals surface area contributed by atoms with E-state index in [1.165, 1.54) is 0 Å². The highest BCUT2D eigenvalue weighted by Gasteiger charge is 2.07. The van der Waals surface area contributed by atoms with Crippen LogP contribution in [0, 0.1) is 0 Å². The van der Waals surface area contributed by atoms with Crippen molar-refractivity contribution in [3.63, 3.8) is 0 Å². The molecule has 0 saturated heterocycles. The summed E-state index contributed by atoms with van der Waals surface area (Å²) in [6, 6.07) is 7.46. The Morgan fingerprint density at radius 3 is 2.67 bits per heavy atom. The van der Waals surface area contributed by atoms with Gasteiger partial charge in [-0.05, 0) is 31.3 Å². The molecular weight excluding hydrogens is 294 g/mol. The van der Waals surface area contributed by atoms with Gasteiger partial charge in [0.05, 0.1) is 20.2 Å². The highest BCUT2D eigenvalue weighted by atomic mass is 35.5. The Bertz CT molecular complexity index is 570. The van der Waals surface area contributed by atoms with Crippen molar-refractivity contribution in [3.8, 4) is 17.1 Å². The second kappa shape index (κ2) is 8.23. The molecule has 0 unspecified atom stereocenters. The molecule has 0 aliphatic carbocycles. The number of halogens is 1. The molecule has 0 saturated carbocycles. The summed E-state index contributed by atoms with van der Waals surface area (Å²) in [5.41, 5.74) is 0.884. The van der Waals surface area contributed by atoms with Crippen LogP contribution < -0.4 is 15.4 Å². The summed E-state index contributed by atoms with van der Waals surface area (Å²) in [7, 11) is 3.34. The van der Waals surface area contributed by atoms with Gasteiger partial charge in [0, 0.05) is 5.56 Å². The monoisotopic (exact) mass is 311 g/mol. The van der Waals surface area contributed by atoms with Gasteiger partial charge >= 0.3 is 0 Å². The second-order valence-electron chi connectivity index (χ2n) is 4.14. The number of aromatic nitrogens is 3. The number of aromatic amines is 1. The smallest absolute Gasteiger partial charge is 0.234 e. The highest BCUT2D eigenvalue weighted by molar-refractivity contribution is 5.85. The lowest BCUT2D eigenvalue weighted by molar-refractivity contribution is -0.120. The van der Waals surface area contributed by atoms with Crippen molar-refractivity contribution in [2.24, 2.45) is 0 Å². The van der Waals surface area contributed by atoms with Crippen LogP contribution in [0.4, 0.5) is 0 Å². The Hall–Kier alpha value is -2.12. The van der Waals surface area contributed by atoms with Gasteiger partial charge in [-0.2, -0.15) is 5.10 Å². The van der Waals surface area contributed by atoms with Crippen LogP contribution in [0.2, 0.25) is 0 Å². The van der Waals surface area contributed by atoms with Gasteiger partial charge in [-0.1, -0.05) is 0 Å². The van der Waals surface area contributed by atoms with E-state index in [1.807, 2.05) is 24.3 Å². The molecular formula is C13H18ClN5O2. The molecule has 7 nitrogen and oxygen atoms in total. The molecule has 1 amide bonds. The van der Waals surface area contributed by atoms with E-state index in [0.717, 1.165) is 11.3 Å². The van der Waals surface area contributed by atoms with Gasteiger partial charge in [-0.15, -0.1) is 12.4 Å². The van der Waals surface area contributed by atoms with Crippen LogP contribution in [-0.4, -0.2) is 41.8 Å². The number of nitrogens with zero attached hydrogens (tertiary/aromatic N) is 2. The van der Waals surface area contributed by atoms with E-state index in [1.54, 1.807) is 14.2 Å². The summed E-state index contributed by atoms with van der Waals surface area (Å²) in [5.74, 6) is 1.89. The first-order valence-electron chi connectivity index (χ1n) is 6.20. The fourth-order valence-corrected chi connectivity index (χ4v) is 1.65. The molecule has 0 spiro atoms. The van der Waals surface area contributed by atoms with Crippen molar-refractivity contribution in [2.45, 2.75) is 6.54 Å². The zero-order valence-electron chi connectivity index (χ0n) is 11.8. The van der Waals surface area contributed by atoms with E-state index in [9.17, 15) is 4.79 Å². The molecule has 0 aliphatic rings. The summed E-state index contributed by atoms with van der Waals surface area (Å²) >= 11 is 0. The Balaban J connectivity index is 0.00000220. The molecule has 0 fully saturated rings. The molecule has 114 valence electrons. The first-order valence-corrected chi connectivity index (χ1v) is 6.20. The largest absolute Gasteiger partial charge is 0.497 e. The molecule has 0 atom stereocenters. The summed E-state index contributed by atoms with van der Waals surface area (Å²) in [6.07, 6.45) is 0. The van der Waals surface area contributed by atoms with Crippen molar-refractivity contribution in [1.29, 1.82) is 0 Å². The van der Waals surface area contributed by atoms with E-state index in [4.69, 9.17) is 4.74 Å². The molecule has 21 heavy (non-hydrogen) atoms. The van der Waals surface area contributed by atoms with Crippen molar-refractivity contribution < 1.29 is 9.53 Å². The first-order chi connectivity index (χ1) is 9.72. The van der Waals surface area contributed by atoms with Crippen LogP contribution in [-0.2, 0) is 11.3 Å². The van der Waals surface area contributed by atoms with Crippen LogP contribution in [0.15, 0.2) is 24.3 Å². The molecule has 1 aromatic heterocycles. The first kappa shape index (κ1) is 16.9. The lowest BCUT2D eigenvalue weighted by Gasteiger charge is -2.01. The van der Waals surface area contributed by atoms with Crippen LogP contribution in [0.5, 0.6) is 5.75 Å². The number of methoxy groups -OCH3 is 1. The number of rotatable bonds is 6. The highest BCUT2D eigenvalue weighted by Crippen LogP contribution is 2.18. The SMILES string of the molecule is CNCC(=O)NCc1nc(-c2ccc(OC)cc2)n[nH]1.Cl. The van der Waals surface area contributed by atoms with Crippen LogP contribution >= 0.6 is 12.4 Å². The Kier molecular flexibility index (Phi) is 6.64. The fourth-order valence-electron chi connectivity index (χ4n) is 1.65. The molecule has 1 aromatic carbocycles. The number of hydrogen-bond acceptors (Lipinski definition) is 5. The number of hydrogen-bond donors (Lipinski definition) is 3. The van der Waals surface area contributed by atoms with Gasteiger partial charge in [0.2, 0.25) is 5.91 Å². The number of likely N-dealkylation sites (N-methyl/N-ethyl adjacent to an activating group) is 1. The van der Waals surface area contributed by atoms with Crippen molar-refractivity contribution in [3.05, 3.63) is 30.1 Å². The second-order valence-corrected chi connectivity index (χ2v) is 4.14. The van der Waals surface area contributed by atoms with Gasteiger partial charge in [-0.3, -0.25) is 9.89 Å². The van der Waals surface area contributed by atoms with Crippen LogP contribution in [0.25, 0.3) is 11.4 Å². The van der Waals surface area contributed by atoms with E-state index in [-0.39, 0.29) is 24.9 Å². The lowest BCUT2D eigenvalue weighted by Crippen LogP contribution is -2.31. The van der Waals surface area contributed by atoms with Crippen LogP contribution in [0.3, 0.4) is 0 Å². The van der Waals surface area contributed by atoms with Gasteiger partial charge in [0.1, 0.15) is 11.6 Å². The summed E-state index contributed by atoms with van der Waals surface area (Å²) in [5, 5.41) is 12.4. The topological polar surface area (TPSA) is 91.9 Å². The molecule has 0 bridgehead atoms. The summed E-state index contributed by atoms with van der Waals surface area (Å²) in [6.45, 7) is 0.600. The maximum absolute atomic E-state index is 11.3. The zero-order chi connectivity index (χ0) is 14.4. The number of H-pyrrole nitrogens is 1. The molecule has 0 radical (unpaired) electrons. The average molecular weight is 312 g/mol. The number of carbonyl (C=O) groups is 1. The standard InChI is InChI=1S/C13H17N5O2.ClH/c1-14-8-12(19)15-7-11-16-13(18-17-11)9-3-5-10(20-2)6-4-9;/h3-6,14H,7-8H2,1-2H3,(H,15,19)(H,16,17,18);1H. The molecule has 3 N–H and O–H groups in total. The third kappa shape index (κ3) is 4.73. The minimum Gasteiger partial charge on any atom is -0.497 e. The Morgan fingerprint density at radius 2 is 2.05 bits per heavy atom. The number of ether oxygens (including phenoxy) is 1. The fraction of sp³-hybridized carbons (Fsp3) is 0.308. The normalized spacial score (nSPS) is 9.81. The number of nitrogens with one attached hydrogen (secondary N) is 3. The third-order valence-electron chi connectivity index (χ3n) is 2.67. The lowest BCUT2D eigenvalue weighted by atomic mass is 10.2. The predicted molar refractivity (Wildman–Crippen MR) is 81.4 cm³/mol. The van der Waals surface area contributed by atoms with Crippen LogP contribution in [0.1, 0.15) is 5.82 Å². The molecule has 1 heterocycles. The quantitative estimate of drug-likeness (QED) is 0.732. The minimum absolute atomic E-state index is 0. The zero-order valence-corrected chi connectivity index (χ0v) is 12.7. The maximum Gasteiger partial charge on any atom is 0.234 e. The van der Waals surface area contributed by atoms with Gasteiger partial charge in [0.25, 0.3) is 0 Å². The molecule has 2 aromatic rings. The average Bonchev–Trinajstić information content (AvgIpc) is 2.94. The van der Waals surface area contributed by atoms with Gasteiger partial charge < -0.3 is 15.4 Å². The molecule has 2 rings (SSSR count). The van der Waals surface area contributed by atoms with E-state index >= 15 is 0 Å². The Morgan fingerprint density at radius 1 is 1.33 bits per heavy atom. The van der Waals surface area contributed by atoms with Crippen molar-refractivity contribution in [1.82, 2.24) is 25.8 Å². The minimum atomic E-state index is -0.0881. The predicted octanol–water partition coefficient (Wildman–Crippen LogP) is 0.738. The van der Waals surface area contributed by atoms with E-state index in [0.29, 0.717) is 18.2 Å². The molecule has 0 aliphatic heterocycles. The number of amides is 1.